The van der Waals surface area contributed by atoms with E-state index in [1.807, 2.05) is 24.3 Å². The van der Waals surface area contributed by atoms with Crippen molar-refractivity contribution in [2.75, 3.05) is 6.54 Å². The van der Waals surface area contributed by atoms with Crippen LogP contribution in [0.15, 0.2) is 42.5 Å². The van der Waals surface area contributed by atoms with E-state index in [2.05, 4.69) is 12.2 Å². The van der Waals surface area contributed by atoms with Crippen molar-refractivity contribution in [2.45, 2.75) is 26.0 Å². The lowest BCUT2D eigenvalue weighted by Gasteiger charge is -2.15. The molecule has 21 heavy (non-hydrogen) atoms. The molecule has 0 aliphatic carbocycles. The fourth-order valence-corrected chi connectivity index (χ4v) is 2.35. The van der Waals surface area contributed by atoms with Gasteiger partial charge >= 0.3 is 0 Å². The summed E-state index contributed by atoms with van der Waals surface area (Å²) >= 11 is 0. The highest BCUT2D eigenvalue weighted by Gasteiger charge is 2.17. The van der Waals surface area contributed by atoms with Gasteiger partial charge in [0.05, 0.1) is 11.7 Å². The zero-order chi connectivity index (χ0) is 15.2. The highest BCUT2D eigenvalue weighted by molar-refractivity contribution is 5.27. The molecule has 0 aliphatic rings. The van der Waals surface area contributed by atoms with E-state index in [0.29, 0.717) is 6.54 Å². The van der Waals surface area contributed by atoms with Gasteiger partial charge in [-0.1, -0.05) is 37.3 Å². The van der Waals surface area contributed by atoms with Gasteiger partial charge in [-0.2, -0.15) is 0 Å². The summed E-state index contributed by atoms with van der Waals surface area (Å²) in [6, 6.07) is 11.6. The topological polar surface area (TPSA) is 32.3 Å². The third-order valence-electron chi connectivity index (χ3n) is 3.49. The molecular weight excluding hydrogens is 272 g/mol. The molecule has 0 amide bonds. The van der Waals surface area contributed by atoms with Crippen LogP contribution in [-0.4, -0.2) is 11.7 Å². The molecule has 2 nitrogen and oxygen atoms in total. The average molecular weight is 291 g/mol. The van der Waals surface area contributed by atoms with E-state index in [9.17, 15) is 13.9 Å². The number of hydrogen-bond acceptors (Lipinski definition) is 2. The van der Waals surface area contributed by atoms with Crippen LogP contribution in [0.1, 0.15) is 29.7 Å². The summed E-state index contributed by atoms with van der Waals surface area (Å²) in [4.78, 5) is 0. The van der Waals surface area contributed by atoms with Crippen LogP contribution in [0.2, 0.25) is 0 Å². The Morgan fingerprint density at radius 1 is 1.00 bits per heavy atom. The summed E-state index contributed by atoms with van der Waals surface area (Å²) in [6.45, 7) is 2.72. The lowest BCUT2D eigenvalue weighted by Crippen LogP contribution is -2.23. The zero-order valence-corrected chi connectivity index (χ0v) is 11.9. The van der Waals surface area contributed by atoms with Crippen molar-refractivity contribution in [1.29, 1.82) is 0 Å². The Kier molecular flexibility index (Phi) is 5.42. The summed E-state index contributed by atoms with van der Waals surface area (Å²) < 4.78 is 27.1. The molecule has 0 fully saturated rings. The van der Waals surface area contributed by atoms with E-state index in [4.69, 9.17) is 0 Å². The first-order chi connectivity index (χ1) is 10.1. The van der Waals surface area contributed by atoms with Gasteiger partial charge in [0.2, 0.25) is 0 Å². The predicted molar refractivity (Wildman–Crippen MR) is 78.8 cm³/mol. The molecule has 0 spiro atoms. The van der Waals surface area contributed by atoms with Gasteiger partial charge in [-0.15, -0.1) is 0 Å². The number of aliphatic hydroxyl groups excluding tert-OH is 1. The maximum absolute atomic E-state index is 13.5. The van der Waals surface area contributed by atoms with Gasteiger partial charge in [0.25, 0.3) is 0 Å². The van der Waals surface area contributed by atoms with Crippen molar-refractivity contribution in [3.63, 3.8) is 0 Å². The number of hydrogen-bond donors (Lipinski definition) is 2. The van der Waals surface area contributed by atoms with Crippen LogP contribution in [0.3, 0.4) is 0 Å². The first kappa shape index (κ1) is 15.6. The second-order valence-corrected chi connectivity index (χ2v) is 4.90. The predicted octanol–water partition coefficient (Wildman–Crippen LogP) is 3.35. The summed E-state index contributed by atoms with van der Waals surface area (Å²) in [6.07, 6.45) is -0.289. The molecule has 2 rings (SSSR count). The second-order valence-electron chi connectivity index (χ2n) is 4.90. The number of benzene rings is 2. The van der Waals surface area contributed by atoms with Crippen molar-refractivity contribution < 1.29 is 13.9 Å². The van der Waals surface area contributed by atoms with Crippen molar-refractivity contribution in [2.24, 2.45) is 0 Å². The Labute approximate surface area is 123 Å². The molecule has 0 saturated carbocycles. The van der Waals surface area contributed by atoms with Crippen LogP contribution in [0.25, 0.3) is 0 Å². The largest absolute Gasteiger partial charge is 0.387 e. The molecule has 0 bridgehead atoms. The van der Waals surface area contributed by atoms with Crippen LogP contribution >= 0.6 is 0 Å². The van der Waals surface area contributed by atoms with Gasteiger partial charge in [-0.25, -0.2) is 8.78 Å². The zero-order valence-electron chi connectivity index (χ0n) is 11.9. The summed E-state index contributed by atoms with van der Waals surface area (Å²) in [5.74, 6) is -1.45. The van der Waals surface area contributed by atoms with Crippen LogP contribution in [0.4, 0.5) is 8.78 Å². The Morgan fingerprint density at radius 3 is 2.24 bits per heavy atom. The third-order valence-corrected chi connectivity index (χ3v) is 3.49. The van der Waals surface area contributed by atoms with E-state index in [1.165, 1.54) is 11.6 Å². The molecule has 0 aliphatic heterocycles. The van der Waals surface area contributed by atoms with Crippen molar-refractivity contribution in [3.8, 4) is 0 Å². The third kappa shape index (κ3) is 3.86. The first-order valence-corrected chi connectivity index (χ1v) is 7.03. The molecule has 0 heterocycles. The smallest absolute Gasteiger partial charge is 0.131 e. The molecule has 0 saturated heterocycles. The van der Waals surface area contributed by atoms with Crippen molar-refractivity contribution >= 4 is 0 Å². The lowest BCUT2D eigenvalue weighted by atomic mass is 10.0. The Bertz CT molecular complexity index is 581. The molecule has 112 valence electrons. The van der Waals surface area contributed by atoms with Gasteiger partial charge in [0.15, 0.2) is 0 Å². The molecule has 2 aromatic carbocycles. The fraction of sp³-hybridized carbons (Fsp3) is 0.294. The van der Waals surface area contributed by atoms with Gasteiger partial charge in [-0.05, 0) is 29.7 Å². The SMILES string of the molecule is CCc1ccccc1CNCC(O)c1c(F)cccc1F. The summed E-state index contributed by atoms with van der Waals surface area (Å²) in [5.41, 5.74) is 2.06. The number of halogens is 2. The Hall–Kier alpha value is -1.78. The fourth-order valence-electron chi connectivity index (χ4n) is 2.35. The number of nitrogens with one attached hydrogen (secondary N) is 1. The minimum absolute atomic E-state index is 0.0932. The molecule has 4 heteroatoms. The summed E-state index contributed by atoms with van der Waals surface area (Å²) in [5, 5.41) is 13.0. The average Bonchev–Trinajstić information content (AvgIpc) is 2.47. The van der Waals surface area contributed by atoms with E-state index >= 15 is 0 Å². The number of aliphatic hydroxyl groups is 1. The van der Waals surface area contributed by atoms with E-state index in [-0.39, 0.29) is 12.1 Å². The van der Waals surface area contributed by atoms with E-state index < -0.39 is 17.7 Å². The maximum Gasteiger partial charge on any atom is 0.131 e. The minimum atomic E-state index is -1.21. The Balaban J connectivity index is 1.97. The normalized spacial score (nSPS) is 12.4. The first-order valence-electron chi connectivity index (χ1n) is 7.03. The van der Waals surface area contributed by atoms with E-state index in [0.717, 1.165) is 24.1 Å². The molecule has 1 unspecified atom stereocenters. The van der Waals surface area contributed by atoms with Gasteiger partial charge in [-0.3, -0.25) is 0 Å². The highest BCUT2D eigenvalue weighted by Crippen LogP contribution is 2.20. The molecule has 0 radical (unpaired) electrons. The monoisotopic (exact) mass is 291 g/mol. The minimum Gasteiger partial charge on any atom is -0.387 e. The van der Waals surface area contributed by atoms with Crippen LogP contribution in [-0.2, 0) is 13.0 Å². The quantitative estimate of drug-likeness (QED) is 0.855. The van der Waals surface area contributed by atoms with Gasteiger partial charge < -0.3 is 10.4 Å². The van der Waals surface area contributed by atoms with Crippen molar-refractivity contribution in [1.82, 2.24) is 5.32 Å². The van der Waals surface area contributed by atoms with Crippen LogP contribution in [0, 0.1) is 11.6 Å². The molecular formula is C17H19F2NO. The standard InChI is InChI=1S/C17H19F2NO/c1-2-12-6-3-4-7-13(12)10-20-11-16(21)17-14(18)8-5-9-15(17)19/h3-9,16,20-21H,2,10-11H2,1H3. The maximum atomic E-state index is 13.5. The number of aryl methyl sites for hydroxylation is 1. The van der Waals surface area contributed by atoms with Crippen molar-refractivity contribution in [3.05, 3.63) is 70.8 Å². The van der Waals surface area contributed by atoms with Gasteiger partial charge in [0, 0.05) is 13.1 Å². The van der Waals surface area contributed by atoms with Gasteiger partial charge in [0.1, 0.15) is 11.6 Å². The van der Waals surface area contributed by atoms with E-state index in [1.54, 1.807) is 0 Å². The Morgan fingerprint density at radius 2 is 1.62 bits per heavy atom. The number of rotatable bonds is 6. The summed E-state index contributed by atoms with van der Waals surface area (Å²) in [7, 11) is 0. The lowest BCUT2D eigenvalue weighted by molar-refractivity contribution is 0.164. The molecule has 2 aromatic rings. The molecule has 0 aromatic heterocycles. The molecule has 1 atom stereocenters. The molecule has 2 N–H and O–H groups in total. The van der Waals surface area contributed by atoms with Crippen LogP contribution < -0.4 is 5.32 Å². The second kappa shape index (κ2) is 7.29. The highest BCUT2D eigenvalue weighted by atomic mass is 19.1. The van der Waals surface area contributed by atoms with Crippen LogP contribution in [0.5, 0.6) is 0 Å².